The molecular formula is C15H16BrN3O2. The molecule has 0 aromatic heterocycles. The average molecular weight is 350 g/mol. The number of carbonyl (C=O) groups is 2. The van der Waals surface area contributed by atoms with E-state index in [0.29, 0.717) is 18.7 Å². The van der Waals surface area contributed by atoms with Gasteiger partial charge in [0.05, 0.1) is 6.07 Å². The van der Waals surface area contributed by atoms with Crippen LogP contribution in [0.1, 0.15) is 29.6 Å². The maximum atomic E-state index is 12.1. The number of nitrogens with one attached hydrogen (secondary N) is 1. The van der Waals surface area contributed by atoms with Crippen molar-refractivity contribution in [3.8, 4) is 6.07 Å². The van der Waals surface area contributed by atoms with E-state index < -0.39 is 0 Å². The summed E-state index contributed by atoms with van der Waals surface area (Å²) >= 11 is 3.33. The highest BCUT2D eigenvalue weighted by Crippen LogP contribution is 2.14. The summed E-state index contributed by atoms with van der Waals surface area (Å²) < 4.78 is 0.934. The van der Waals surface area contributed by atoms with Gasteiger partial charge in [-0.25, -0.2) is 0 Å². The zero-order valence-corrected chi connectivity index (χ0v) is 13.1. The van der Waals surface area contributed by atoms with E-state index in [2.05, 4.69) is 21.2 Å². The first-order valence-corrected chi connectivity index (χ1v) is 7.60. The fraction of sp³-hybridized carbons (Fsp3) is 0.400. The second-order valence-electron chi connectivity index (χ2n) is 4.97. The number of hydrogen-bond acceptors (Lipinski definition) is 3. The molecule has 2 amide bonds. The van der Waals surface area contributed by atoms with E-state index in [1.54, 1.807) is 17.0 Å². The van der Waals surface area contributed by atoms with Crippen molar-refractivity contribution in [1.82, 2.24) is 10.2 Å². The van der Waals surface area contributed by atoms with Crippen LogP contribution in [0.5, 0.6) is 0 Å². The lowest BCUT2D eigenvalue weighted by atomic mass is 10.0. The first-order chi connectivity index (χ1) is 10.1. The minimum Gasteiger partial charge on any atom is -0.349 e. The Morgan fingerprint density at radius 2 is 1.90 bits per heavy atom. The normalized spacial score (nSPS) is 15.3. The molecule has 0 spiro atoms. The quantitative estimate of drug-likeness (QED) is 0.907. The van der Waals surface area contributed by atoms with Gasteiger partial charge in [0.25, 0.3) is 5.91 Å². The molecule has 1 N–H and O–H groups in total. The molecule has 1 aromatic carbocycles. The van der Waals surface area contributed by atoms with Crippen LogP contribution in [0.15, 0.2) is 28.7 Å². The Morgan fingerprint density at radius 1 is 1.29 bits per heavy atom. The number of nitrogens with zero attached hydrogens (tertiary/aromatic N) is 2. The molecule has 0 unspecified atom stereocenters. The van der Waals surface area contributed by atoms with Gasteiger partial charge in [-0.1, -0.05) is 15.9 Å². The van der Waals surface area contributed by atoms with Crippen LogP contribution >= 0.6 is 15.9 Å². The largest absolute Gasteiger partial charge is 0.349 e. The summed E-state index contributed by atoms with van der Waals surface area (Å²) in [5.74, 6) is -0.223. The number of likely N-dealkylation sites (tertiary alicyclic amines) is 1. The zero-order chi connectivity index (χ0) is 15.2. The smallest absolute Gasteiger partial charge is 0.251 e. The molecule has 1 aliphatic rings. The first kappa shape index (κ1) is 15.5. The third-order valence-corrected chi connectivity index (χ3v) is 4.05. The van der Waals surface area contributed by atoms with Crippen molar-refractivity contribution >= 4 is 27.7 Å². The van der Waals surface area contributed by atoms with E-state index in [4.69, 9.17) is 5.26 Å². The Kier molecular flexibility index (Phi) is 5.34. The molecule has 1 aliphatic heterocycles. The number of benzene rings is 1. The number of nitriles is 1. The second-order valence-corrected chi connectivity index (χ2v) is 5.89. The van der Waals surface area contributed by atoms with Crippen LogP contribution in [0.25, 0.3) is 0 Å². The number of carbonyl (C=O) groups excluding carboxylic acids is 2. The van der Waals surface area contributed by atoms with Crippen molar-refractivity contribution in [3.63, 3.8) is 0 Å². The van der Waals surface area contributed by atoms with Gasteiger partial charge in [0, 0.05) is 29.2 Å². The van der Waals surface area contributed by atoms with Crippen LogP contribution < -0.4 is 5.32 Å². The van der Waals surface area contributed by atoms with Gasteiger partial charge >= 0.3 is 0 Å². The van der Waals surface area contributed by atoms with E-state index >= 15 is 0 Å². The molecule has 6 heteroatoms. The Bertz CT molecular complexity index is 557. The van der Waals surface area contributed by atoms with Crippen molar-refractivity contribution in [2.75, 3.05) is 13.1 Å². The van der Waals surface area contributed by atoms with Gasteiger partial charge in [-0.3, -0.25) is 9.59 Å². The average Bonchev–Trinajstić information content (AvgIpc) is 2.49. The van der Waals surface area contributed by atoms with E-state index in [-0.39, 0.29) is 24.3 Å². The van der Waals surface area contributed by atoms with Gasteiger partial charge in [0.15, 0.2) is 0 Å². The van der Waals surface area contributed by atoms with Crippen molar-refractivity contribution < 1.29 is 9.59 Å². The third kappa shape index (κ3) is 4.30. The summed E-state index contributed by atoms with van der Waals surface area (Å²) in [6, 6.07) is 9.15. The van der Waals surface area contributed by atoms with Crippen LogP contribution in [-0.4, -0.2) is 35.8 Å². The van der Waals surface area contributed by atoms with Crippen LogP contribution in [0.2, 0.25) is 0 Å². The number of amides is 2. The summed E-state index contributed by atoms with van der Waals surface area (Å²) in [4.78, 5) is 25.4. The van der Waals surface area contributed by atoms with Crippen molar-refractivity contribution in [2.24, 2.45) is 0 Å². The molecular weight excluding hydrogens is 334 g/mol. The van der Waals surface area contributed by atoms with Crippen LogP contribution in [0, 0.1) is 11.3 Å². The fourth-order valence-corrected chi connectivity index (χ4v) is 2.59. The fourth-order valence-electron chi connectivity index (χ4n) is 2.32. The van der Waals surface area contributed by atoms with Crippen molar-refractivity contribution in [1.29, 1.82) is 5.26 Å². The lowest BCUT2D eigenvalue weighted by molar-refractivity contribution is -0.131. The van der Waals surface area contributed by atoms with Crippen molar-refractivity contribution in [2.45, 2.75) is 25.3 Å². The maximum absolute atomic E-state index is 12.1. The number of rotatable bonds is 3. The summed E-state index contributed by atoms with van der Waals surface area (Å²) in [7, 11) is 0. The molecule has 110 valence electrons. The summed E-state index contributed by atoms with van der Waals surface area (Å²) in [5.41, 5.74) is 0.626. The molecule has 2 rings (SSSR count). The molecule has 1 fully saturated rings. The Morgan fingerprint density at radius 3 is 2.48 bits per heavy atom. The van der Waals surface area contributed by atoms with E-state index in [0.717, 1.165) is 17.3 Å². The molecule has 21 heavy (non-hydrogen) atoms. The van der Waals surface area contributed by atoms with Gasteiger partial charge in [0.1, 0.15) is 6.42 Å². The number of piperidine rings is 1. The predicted octanol–water partition coefficient (Wildman–Crippen LogP) is 2.08. The van der Waals surface area contributed by atoms with Crippen LogP contribution in [-0.2, 0) is 4.79 Å². The van der Waals surface area contributed by atoms with Crippen LogP contribution in [0.3, 0.4) is 0 Å². The highest BCUT2D eigenvalue weighted by atomic mass is 79.9. The molecule has 0 aliphatic carbocycles. The van der Waals surface area contributed by atoms with Gasteiger partial charge in [-0.05, 0) is 37.1 Å². The molecule has 5 nitrogen and oxygen atoms in total. The van der Waals surface area contributed by atoms with E-state index in [1.807, 2.05) is 18.2 Å². The Hall–Kier alpha value is -1.87. The molecule has 0 bridgehead atoms. The Balaban J connectivity index is 1.83. The summed E-state index contributed by atoms with van der Waals surface area (Å²) in [6.45, 7) is 1.18. The minimum atomic E-state index is -0.129. The van der Waals surface area contributed by atoms with E-state index in [1.165, 1.54) is 0 Å². The Labute approximate surface area is 132 Å². The lowest BCUT2D eigenvalue weighted by Gasteiger charge is -2.32. The first-order valence-electron chi connectivity index (χ1n) is 6.81. The van der Waals surface area contributed by atoms with Gasteiger partial charge in [-0.15, -0.1) is 0 Å². The monoisotopic (exact) mass is 349 g/mol. The predicted molar refractivity (Wildman–Crippen MR) is 81.4 cm³/mol. The molecule has 1 heterocycles. The van der Waals surface area contributed by atoms with Crippen molar-refractivity contribution in [3.05, 3.63) is 34.3 Å². The molecule has 1 aromatic rings. The molecule has 1 saturated heterocycles. The minimum absolute atomic E-state index is 0.0735. The molecule has 0 radical (unpaired) electrons. The van der Waals surface area contributed by atoms with Crippen LogP contribution in [0.4, 0.5) is 0 Å². The highest BCUT2D eigenvalue weighted by Gasteiger charge is 2.23. The summed E-state index contributed by atoms with van der Waals surface area (Å²) in [6.07, 6.45) is 1.37. The van der Waals surface area contributed by atoms with Gasteiger partial charge in [-0.2, -0.15) is 5.26 Å². The SMILES string of the molecule is N#CCC(=O)N1CCC(NC(=O)c2ccc(Br)cc2)CC1. The second kappa shape index (κ2) is 7.23. The standard InChI is InChI=1S/C15H16BrN3O2/c16-12-3-1-11(2-4-12)15(21)18-13-6-9-19(10-7-13)14(20)5-8-17/h1-4,13H,5-7,9-10H2,(H,18,21). The van der Waals surface area contributed by atoms with E-state index in [9.17, 15) is 9.59 Å². The zero-order valence-electron chi connectivity index (χ0n) is 11.5. The van der Waals surface area contributed by atoms with Gasteiger partial charge < -0.3 is 10.2 Å². The highest BCUT2D eigenvalue weighted by molar-refractivity contribution is 9.10. The topological polar surface area (TPSA) is 73.2 Å². The third-order valence-electron chi connectivity index (χ3n) is 3.52. The molecule has 0 atom stereocenters. The lowest BCUT2D eigenvalue weighted by Crippen LogP contribution is -2.46. The number of halogens is 1. The summed E-state index contributed by atoms with van der Waals surface area (Å²) in [5, 5.41) is 11.5. The molecule has 0 saturated carbocycles. The maximum Gasteiger partial charge on any atom is 0.251 e. The van der Waals surface area contributed by atoms with Gasteiger partial charge in [0.2, 0.25) is 5.91 Å². The number of hydrogen-bond donors (Lipinski definition) is 1.